The first-order valence-corrected chi connectivity index (χ1v) is 7.53. The van der Waals surface area contributed by atoms with Gasteiger partial charge < -0.3 is 20.1 Å². The van der Waals surface area contributed by atoms with Crippen molar-refractivity contribution in [2.24, 2.45) is 0 Å². The summed E-state index contributed by atoms with van der Waals surface area (Å²) in [5.41, 5.74) is 1.78. The van der Waals surface area contributed by atoms with E-state index in [9.17, 15) is 9.59 Å². The molecule has 8 heteroatoms. The van der Waals surface area contributed by atoms with Crippen molar-refractivity contribution >= 4 is 11.9 Å². The van der Waals surface area contributed by atoms with Crippen LogP contribution in [0, 0.1) is 0 Å². The van der Waals surface area contributed by atoms with E-state index in [1.807, 2.05) is 24.3 Å². The number of rotatable bonds is 4. The van der Waals surface area contributed by atoms with E-state index >= 15 is 0 Å². The van der Waals surface area contributed by atoms with Gasteiger partial charge in [-0.1, -0.05) is 12.1 Å². The molecule has 2 heterocycles. The molecule has 0 radical (unpaired) electrons. The van der Waals surface area contributed by atoms with Crippen molar-refractivity contribution < 1.29 is 19.4 Å². The van der Waals surface area contributed by atoms with Gasteiger partial charge in [-0.15, -0.1) is 0 Å². The van der Waals surface area contributed by atoms with Gasteiger partial charge in [0, 0.05) is 25.2 Å². The molecular formula is C16H18N4O4. The Bertz CT molecular complexity index is 758. The molecule has 0 aliphatic carbocycles. The van der Waals surface area contributed by atoms with Crippen molar-refractivity contribution in [1.29, 1.82) is 0 Å². The first-order chi connectivity index (χ1) is 11.6. The lowest BCUT2D eigenvalue weighted by molar-refractivity contribution is -0.140. The molecule has 0 saturated carbocycles. The van der Waals surface area contributed by atoms with E-state index in [0.717, 1.165) is 5.56 Å². The summed E-state index contributed by atoms with van der Waals surface area (Å²) in [6.45, 7) is 1.01. The van der Waals surface area contributed by atoms with Gasteiger partial charge in [-0.3, -0.25) is 14.7 Å². The maximum Gasteiger partial charge on any atom is 0.322 e. The van der Waals surface area contributed by atoms with Crippen LogP contribution in [-0.4, -0.2) is 64.9 Å². The normalized spacial score (nSPS) is 17.5. The number of ether oxygens (including phenoxy) is 1. The highest BCUT2D eigenvalue weighted by Gasteiger charge is 2.30. The van der Waals surface area contributed by atoms with Gasteiger partial charge in [-0.05, 0) is 12.1 Å². The summed E-state index contributed by atoms with van der Waals surface area (Å²) in [7, 11) is 1.57. The third-order valence-electron chi connectivity index (χ3n) is 3.99. The number of methoxy groups -OCH3 is 1. The standard InChI is InChI=1S/C16H18N4O4/c1-24-11-4-2-3-10(7-11)14-12(8-18-19-14)15(21)20-6-5-17-13(9-20)16(22)23/h2-4,7-8,13,17H,5-6,9H2,1H3,(H,18,19)(H,22,23)/t13-/m1/s1. The molecule has 0 unspecified atom stereocenters. The maximum atomic E-state index is 12.8. The van der Waals surface area contributed by atoms with Crippen LogP contribution in [0.3, 0.4) is 0 Å². The molecule has 1 saturated heterocycles. The van der Waals surface area contributed by atoms with Gasteiger partial charge in [0.1, 0.15) is 11.8 Å². The Morgan fingerprint density at radius 1 is 1.42 bits per heavy atom. The van der Waals surface area contributed by atoms with Crippen molar-refractivity contribution in [3.8, 4) is 17.0 Å². The first kappa shape index (κ1) is 16.0. The molecule has 3 rings (SSSR count). The molecule has 1 aromatic heterocycles. The number of carbonyl (C=O) groups excluding carboxylic acids is 1. The highest BCUT2D eigenvalue weighted by Crippen LogP contribution is 2.26. The molecule has 1 amide bonds. The Hall–Kier alpha value is -2.87. The summed E-state index contributed by atoms with van der Waals surface area (Å²) in [6, 6.07) is 6.55. The number of nitrogens with zero attached hydrogens (tertiary/aromatic N) is 2. The number of benzene rings is 1. The zero-order valence-electron chi connectivity index (χ0n) is 13.2. The zero-order chi connectivity index (χ0) is 17.1. The molecule has 126 valence electrons. The van der Waals surface area contributed by atoms with E-state index in [0.29, 0.717) is 30.1 Å². The number of aromatic amines is 1. The molecule has 3 N–H and O–H groups in total. The fourth-order valence-corrected chi connectivity index (χ4v) is 2.72. The minimum atomic E-state index is -0.965. The molecule has 0 spiro atoms. The van der Waals surface area contributed by atoms with Crippen LogP contribution in [0.4, 0.5) is 0 Å². The minimum Gasteiger partial charge on any atom is -0.497 e. The number of H-pyrrole nitrogens is 1. The van der Waals surface area contributed by atoms with Crippen molar-refractivity contribution in [2.75, 3.05) is 26.7 Å². The summed E-state index contributed by atoms with van der Waals surface area (Å²) < 4.78 is 5.21. The van der Waals surface area contributed by atoms with Crippen LogP contribution in [-0.2, 0) is 4.79 Å². The molecule has 1 atom stereocenters. The highest BCUT2D eigenvalue weighted by molar-refractivity contribution is 6.00. The molecule has 1 aliphatic rings. The quantitative estimate of drug-likeness (QED) is 0.757. The minimum absolute atomic E-state index is 0.122. The Balaban J connectivity index is 1.86. The van der Waals surface area contributed by atoms with E-state index in [1.165, 1.54) is 11.1 Å². The van der Waals surface area contributed by atoms with E-state index in [1.54, 1.807) is 7.11 Å². The van der Waals surface area contributed by atoms with E-state index < -0.39 is 12.0 Å². The van der Waals surface area contributed by atoms with Crippen molar-refractivity contribution in [3.63, 3.8) is 0 Å². The summed E-state index contributed by atoms with van der Waals surface area (Å²) in [6.07, 6.45) is 1.47. The number of aromatic nitrogens is 2. The van der Waals surface area contributed by atoms with Gasteiger partial charge in [0.15, 0.2) is 0 Å². The van der Waals surface area contributed by atoms with E-state index in [-0.39, 0.29) is 12.5 Å². The van der Waals surface area contributed by atoms with Crippen molar-refractivity contribution in [3.05, 3.63) is 36.0 Å². The number of hydrogen-bond donors (Lipinski definition) is 3. The average Bonchev–Trinajstić information content (AvgIpc) is 3.11. The van der Waals surface area contributed by atoms with Gasteiger partial charge in [0.05, 0.1) is 24.6 Å². The lowest BCUT2D eigenvalue weighted by Crippen LogP contribution is -2.55. The molecule has 2 aromatic rings. The van der Waals surface area contributed by atoms with E-state index in [4.69, 9.17) is 9.84 Å². The number of piperazine rings is 1. The Kier molecular flexibility index (Phi) is 4.48. The largest absolute Gasteiger partial charge is 0.497 e. The third-order valence-corrected chi connectivity index (χ3v) is 3.99. The second-order valence-electron chi connectivity index (χ2n) is 5.49. The number of carboxylic acid groups (broad SMARTS) is 1. The van der Waals surface area contributed by atoms with Crippen LogP contribution in [0.15, 0.2) is 30.5 Å². The van der Waals surface area contributed by atoms with Gasteiger partial charge in [0.25, 0.3) is 5.91 Å². The zero-order valence-corrected chi connectivity index (χ0v) is 13.2. The van der Waals surface area contributed by atoms with E-state index in [2.05, 4.69) is 15.5 Å². The summed E-state index contributed by atoms with van der Waals surface area (Å²) in [5.74, 6) is -0.532. The van der Waals surface area contributed by atoms with Crippen LogP contribution in [0.25, 0.3) is 11.3 Å². The lowest BCUT2D eigenvalue weighted by atomic mass is 10.1. The summed E-state index contributed by atoms with van der Waals surface area (Å²) in [5, 5.41) is 18.8. The predicted octanol–water partition coefficient (Wildman–Crippen LogP) is 0.584. The molecule has 0 bridgehead atoms. The van der Waals surface area contributed by atoms with Crippen molar-refractivity contribution in [2.45, 2.75) is 6.04 Å². The lowest BCUT2D eigenvalue weighted by Gasteiger charge is -2.31. The predicted molar refractivity (Wildman–Crippen MR) is 85.9 cm³/mol. The topological polar surface area (TPSA) is 108 Å². The fraction of sp³-hybridized carbons (Fsp3) is 0.312. The molecule has 1 aliphatic heterocycles. The molecule has 1 aromatic carbocycles. The third kappa shape index (κ3) is 3.09. The van der Waals surface area contributed by atoms with Gasteiger partial charge >= 0.3 is 5.97 Å². The van der Waals surface area contributed by atoms with Gasteiger partial charge in [-0.2, -0.15) is 5.10 Å². The monoisotopic (exact) mass is 330 g/mol. The molecule has 24 heavy (non-hydrogen) atoms. The average molecular weight is 330 g/mol. The highest BCUT2D eigenvalue weighted by atomic mass is 16.5. The fourth-order valence-electron chi connectivity index (χ4n) is 2.72. The first-order valence-electron chi connectivity index (χ1n) is 7.53. The number of aliphatic carboxylic acids is 1. The number of carbonyl (C=O) groups is 2. The van der Waals surface area contributed by atoms with Crippen LogP contribution >= 0.6 is 0 Å². The maximum absolute atomic E-state index is 12.8. The number of amides is 1. The second kappa shape index (κ2) is 6.71. The van der Waals surface area contributed by atoms with Crippen LogP contribution in [0.1, 0.15) is 10.4 Å². The Morgan fingerprint density at radius 3 is 3.00 bits per heavy atom. The molecular weight excluding hydrogens is 312 g/mol. The Morgan fingerprint density at radius 2 is 2.25 bits per heavy atom. The second-order valence-corrected chi connectivity index (χ2v) is 5.49. The number of hydrogen-bond acceptors (Lipinski definition) is 5. The summed E-state index contributed by atoms with van der Waals surface area (Å²) >= 11 is 0. The number of carboxylic acids is 1. The van der Waals surface area contributed by atoms with Crippen LogP contribution in [0.5, 0.6) is 5.75 Å². The SMILES string of the molecule is COc1cccc(-c2[nH]ncc2C(=O)N2CCN[C@@H](C(=O)O)C2)c1. The van der Waals surface area contributed by atoms with Crippen LogP contribution in [0.2, 0.25) is 0 Å². The molecule has 8 nitrogen and oxygen atoms in total. The summed E-state index contributed by atoms with van der Waals surface area (Å²) in [4.78, 5) is 25.5. The smallest absolute Gasteiger partial charge is 0.322 e. The van der Waals surface area contributed by atoms with Gasteiger partial charge in [-0.25, -0.2) is 0 Å². The number of nitrogens with one attached hydrogen (secondary N) is 2. The van der Waals surface area contributed by atoms with Crippen molar-refractivity contribution in [1.82, 2.24) is 20.4 Å². The van der Waals surface area contributed by atoms with Gasteiger partial charge in [0.2, 0.25) is 0 Å². The Labute approximate surface area is 138 Å². The van der Waals surface area contributed by atoms with Crippen LogP contribution < -0.4 is 10.1 Å². The molecule has 1 fully saturated rings.